The van der Waals surface area contributed by atoms with Gasteiger partial charge < -0.3 is 19.5 Å². The van der Waals surface area contributed by atoms with E-state index in [9.17, 15) is 9.59 Å². The largest absolute Gasteiger partial charge is 0.493 e. The topological polar surface area (TPSA) is 73.9 Å². The third-order valence-corrected chi connectivity index (χ3v) is 7.95. The van der Waals surface area contributed by atoms with E-state index in [1.165, 1.54) is 0 Å². The number of rotatable bonds is 9. The van der Waals surface area contributed by atoms with Gasteiger partial charge in [0.1, 0.15) is 6.61 Å². The first-order chi connectivity index (χ1) is 20.2. The van der Waals surface area contributed by atoms with Crippen molar-refractivity contribution in [3.8, 4) is 11.5 Å². The van der Waals surface area contributed by atoms with Crippen molar-refractivity contribution in [1.29, 1.82) is 0 Å². The van der Waals surface area contributed by atoms with Gasteiger partial charge >= 0.3 is 5.97 Å². The molecule has 0 amide bonds. The van der Waals surface area contributed by atoms with E-state index in [0.717, 1.165) is 22.4 Å². The highest BCUT2D eigenvalue weighted by molar-refractivity contribution is 6.30. The minimum absolute atomic E-state index is 0.00118. The van der Waals surface area contributed by atoms with E-state index in [1.54, 1.807) is 7.11 Å². The van der Waals surface area contributed by atoms with Gasteiger partial charge in [0.25, 0.3) is 0 Å². The number of halogens is 1. The van der Waals surface area contributed by atoms with Crippen molar-refractivity contribution in [3.63, 3.8) is 0 Å². The minimum Gasteiger partial charge on any atom is -0.493 e. The Balaban J connectivity index is 1.52. The molecule has 0 fully saturated rings. The number of ether oxygens (including phenoxy) is 3. The van der Waals surface area contributed by atoms with Crippen molar-refractivity contribution < 1.29 is 23.8 Å². The molecule has 0 spiro atoms. The van der Waals surface area contributed by atoms with E-state index >= 15 is 0 Å². The average molecular weight is 586 g/mol. The number of allylic oxidation sites excluding steroid dienone is 3. The fourth-order valence-corrected chi connectivity index (χ4v) is 5.78. The van der Waals surface area contributed by atoms with Gasteiger partial charge in [0, 0.05) is 34.3 Å². The predicted octanol–water partition coefficient (Wildman–Crippen LogP) is 7.49. The second-order valence-corrected chi connectivity index (χ2v) is 11.7. The second-order valence-electron chi connectivity index (χ2n) is 11.2. The molecule has 1 N–H and O–H groups in total. The highest BCUT2D eigenvalue weighted by Gasteiger charge is 2.41. The third-order valence-electron chi connectivity index (χ3n) is 7.69. The molecule has 1 heterocycles. The molecule has 0 bridgehead atoms. The molecule has 1 aliphatic heterocycles. The van der Waals surface area contributed by atoms with Gasteiger partial charge in [-0.05, 0) is 66.1 Å². The standard InChI is InChI=1S/C35H36ClNO5/c1-21(2)19-42-35(39)32-22(3)37-28-16-26(24-10-13-27(36)14-11-24)17-29(38)34(28)33(32)25-12-15-30(31(18-25)40-4)41-20-23-8-6-5-7-9-23/h5-15,18,21,26,33,37H,16-17,19-20H2,1-4H3/t26-,33-/m0/s1. The van der Waals surface area contributed by atoms with Crippen molar-refractivity contribution in [2.24, 2.45) is 5.92 Å². The molecule has 1 aliphatic carbocycles. The van der Waals surface area contributed by atoms with Crippen LogP contribution in [0.1, 0.15) is 62.1 Å². The summed E-state index contributed by atoms with van der Waals surface area (Å²) in [5, 5.41) is 4.07. The summed E-state index contributed by atoms with van der Waals surface area (Å²) in [7, 11) is 1.59. The van der Waals surface area contributed by atoms with Gasteiger partial charge in [0.15, 0.2) is 17.3 Å². The van der Waals surface area contributed by atoms with Gasteiger partial charge in [-0.3, -0.25) is 4.79 Å². The third kappa shape index (κ3) is 6.39. The number of esters is 1. The molecule has 0 saturated carbocycles. The van der Waals surface area contributed by atoms with Gasteiger partial charge in [-0.1, -0.05) is 74.0 Å². The van der Waals surface area contributed by atoms with Gasteiger partial charge in [0.2, 0.25) is 0 Å². The molecule has 0 saturated heterocycles. The Kier molecular flexibility index (Phi) is 9.03. The highest BCUT2D eigenvalue weighted by atomic mass is 35.5. The molecule has 7 heteroatoms. The second kappa shape index (κ2) is 12.9. The summed E-state index contributed by atoms with van der Waals surface area (Å²) in [6, 6.07) is 23.2. The van der Waals surface area contributed by atoms with E-state index in [0.29, 0.717) is 52.8 Å². The molecule has 3 aromatic rings. The van der Waals surface area contributed by atoms with Crippen molar-refractivity contribution in [1.82, 2.24) is 5.32 Å². The quantitative estimate of drug-likeness (QED) is 0.262. The van der Waals surface area contributed by atoms with E-state index < -0.39 is 11.9 Å². The number of carbonyl (C=O) groups is 2. The van der Waals surface area contributed by atoms with Crippen molar-refractivity contribution in [2.75, 3.05) is 13.7 Å². The molecule has 5 rings (SSSR count). The zero-order chi connectivity index (χ0) is 29.8. The molecule has 2 atom stereocenters. The first-order valence-corrected chi connectivity index (χ1v) is 14.6. The fourth-order valence-electron chi connectivity index (χ4n) is 5.65. The predicted molar refractivity (Wildman–Crippen MR) is 164 cm³/mol. The van der Waals surface area contributed by atoms with Crippen LogP contribution in [0.25, 0.3) is 0 Å². The van der Waals surface area contributed by atoms with Crippen LogP contribution in [0, 0.1) is 5.92 Å². The molecule has 0 aromatic heterocycles. The molecule has 42 heavy (non-hydrogen) atoms. The lowest BCUT2D eigenvalue weighted by molar-refractivity contribution is -0.140. The lowest BCUT2D eigenvalue weighted by atomic mass is 9.71. The summed E-state index contributed by atoms with van der Waals surface area (Å²) in [5.74, 6) is 0.260. The van der Waals surface area contributed by atoms with E-state index in [1.807, 2.05) is 93.6 Å². The first-order valence-electron chi connectivity index (χ1n) is 14.3. The van der Waals surface area contributed by atoms with Crippen molar-refractivity contribution >= 4 is 23.4 Å². The highest BCUT2D eigenvalue weighted by Crippen LogP contribution is 2.47. The van der Waals surface area contributed by atoms with Gasteiger partial charge in [0.05, 0.1) is 19.3 Å². The molecule has 0 radical (unpaired) electrons. The number of dihydropyridines is 1. The average Bonchev–Trinajstić information content (AvgIpc) is 2.98. The van der Waals surface area contributed by atoms with Crippen LogP contribution in [0.4, 0.5) is 0 Å². The number of hydrogen-bond acceptors (Lipinski definition) is 6. The maximum atomic E-state index is 13.9. The molecule has 2 aliphatic rings. The Labute approximate surface area is 252 Å². The molecule has 6 nitrogen and oxygen atoms in total. The summed E-state index contributed by atoms with van der Waals surface area (Å²) in [6.07, 6.45) is 0.974. The zero-order valence-electron chi connectivity index (χ0n) is 24.4. The Morgan fingerprint density at radius 3 is 2.38 bits per heavy atom. The van der Waals surface area contributed by atoms with Crippen LogP contribution >= 0.6 is 11.6 Å². The van der Waals surface area contributed by atoms with E-state index in [4.69, 9.17) is 25.8 Å². The van der Waals surface area contributed by atoms with Crippen molar-refractivity contribution in [2.45, 2.75) is 52.1 Å². The van der Waals surface area contributed by atoms with Crippen LogP contribution in [0.2, 0.25) is 5.02 Å². The van der Waals surface area contributed by atoms with Crippen LogP contribution in [0.15, 0.2) is 95.3 Å². The number of ketones is 1. The number of carbonyl (C=O) groups excluding carboxylic acids is 2. The van der Waals surface area contributed by atoms with Crippen LogP contribution in [0.5, 0.6) is 11.5 Å². The zero-order valence-corrected chi connectivity index (χ0v) is 25.2. The maximum Gasteiger partial charge on any atom is 0.336 e. The summed E-state index contributed by atoms with van der Waals surface area (Å²) >= 11 is 6.12. The minimum atomic E-state index is -0.600. The number of nitrogens with one attached hydrogen (secondary N) is 1. The normalized spacial score (nSPS) is 18.5. The Morgan fingerprint density at radius 2 is 1.69 bits per heavy atom. The summed E-state index contributed by atoms with van der Waals surface area (Å²) in [6.45, 7) is 6.53. The van der Waals surface area contributed by atoms with E-state index in [2.05, 4.69) is 5.32 Å². The molecule has 218 valence electrons. The Bertz CT molecular complexity index is 1520. The number of hydrogen-bond donors (Lipinski definition) is 1. The lowest BCUT2D eigenvalue weighted by Gasteiger charge is -2.37. The first kappa shape index (κ1) is 29.5. The lowest BCUT2D eigenvalue weighted by Crippen LogP contribution is -2.36. The Hall–Kier alpha value is -4.03. The monoisotopic (exact) mass is 585 g/mol. The molecular weight excluding hydrogens is 550 g/mol. The summed E-state index contributed by atoms with van der Waals surface area (Å²) in [4.78, 5) is 27.5. The van der Waals surface area contributed by atoms with Crippen molar-refractivity contribution in [3.05, 3.63) is 117 Å². The number of methoxy groups -OCH3 is 1. The summed E-state index contributed by atoms with van der Waals surface area (Å²) < 4.78 is 17.5. The smallest absolute Gasteiger partial charge is 0.336 e. The molecule has 0 unspecified atom stereocenters. The van der Waals surface area contributed by atoms with Crippen LogP contribution in [-0.2, 0) is 20.9 Å². The van der Waals surface area contributed by atoms with Gasteiger partial charge in [-0.15, -0.1) is 0 Å². The van der Waals surface area contributed by atoms with Gasteiger partial charge in [-0.25, -0.2) is 4.79 Å². The number of benzene rings is 3. The molecular formula is C35H36ClNO5. The van der Waals surface area contributed by atoms with E-state index in [-0.39, 0.29) is 24.2 Å². The fraction of sp³-hybridized carbons (Fsp3) is 0.314. The Morgan fingerprint density at radius 1 is 0.976 bits per heavy atom. The number of Topliss-reactive ketones (excluding diaryl/α,β-unsaturated/α-hetero) is 1. The SMILES string of the molecule is COc1cc([C@H]2C(C(=O)OCC(C)C)=C(C)NC3=C2C(=O)C[C@@H](c2ccc(Cl)cc2)C3)ccc1OCc1ccccc1. The summed E-state index contributed by atoms with van der Waals surface area (Å²) in [5.41, 5.74) is 5.41. The maximum absolute atomic E-state index is 13.9. The van der Waals surface area contributed by atoms with Crippen LogP contribution < -0.4 is 14.8 Å². The molecule has 3 aromatic carbocycles. The van der Waals surface area contributed by atoms with Gasteiger partial charge in [-0.2, -0.15) is 0 Å². The van der Waals surface area contributed by atoms with Crippen LogP contribution in [0.3, 0.4) is 0 Å². The van der Waals surface area contributed by atoms with Crippen LogP contribution in [-0.4, -0.2) is 25.5 Å².